The number of carboxylic acid groups (broad SMARTS) is 1. The number of halogens is 3. The van der Waals surface area contributed by atoms with Crippen molar-refractivity contribution >= 4 is 17.6 Å². The van der Waals surface area contributed by atoms with Gasteiger partial charge in [0.25, 0.3) is 0 Å². The average Bonchev–Trinajstić information content (AvgIpc) is 2.23. The van der Waals surface area contributed by atoms with Crippen LogP contribution in [0, 0.1) is 11.6 Å². The van der Waals surface area contributed by atoms with E-state index < -0.39 is 29.3 Å². The van der Waals surface area contributed by atoms with Crippen LogP contribution < -0.4 is 4.74 Å². The Morgan fingerprint density at radius 2 is 2.06 bits per heavy atom. The van der Waals surface area contributed by atoms with Crippen LogP contribution in [-0.2, 0) is 4.79 Å². The molecule has 0 aliphatic rings. The zero-order valence-corrected chi connectivity index (χ0v) is 9.31. The number of rotatable bonds is 3. The number of ether oxygens (including phenoxy) is 1. The maximum Gasteiger partial charge on any atom is 0.310 e. The maximum atomic E-state index is 13.6. The SMILES string of the molecule is COc1c(F)c(Cl)cc(C(C)C(=O)O)c1F. The van der Waals surface area contributed by atoms with Crippen molar-refractivity contribution in [3.63, 3.8) is 0 Å². The lowest BCUT2D eigenvalue weighted by atomic mass is 10.0. The van der Waals surface area contributed by atoms with E-state index >= 15 is 0 Å². The predicted octanol–water partition coefficient (Wildman–Crippen LogP) is 2.81. The molecule has 0 aliphatic carbocycles. The first-order valence-electron chi connectivity index (χ1n) is 4.34. The summed E-state index contributed by atoms with van der Waals surface area (Å²) < 4.78 is 31.4. The largest absolute Gasteiger partial charge is 0.491 e. The fourth-order valence-corrected chi connectivity index (χ4v) is 1.43. The quantitative estimate of drug-likeness (QED) is 0.839. The lowest BCUT2D eigenvalue weighted by Crippen LogP contribution is -2.11. The van der Waals surface area contributed by atoms with E-state index in [9.17, 15) is 13.6 Å². The summed E-state index contributed by atoms with van der Waals surface area (Å²) in [5, 5.41) is 8.37. The minimum Gasteiger partial charge on any atom is -0.491 e. The Bertz CT molecular complexity index is 435. The monoisotopic (exact) mass is 250 g/mol. The van der Waals surface area contributed by atoms with Crippen LogP contribution in [0.4, 0.5) is 8.78 Å². The van der Waals surface area contributed by atoms with Crippen molar-refractivity contribution in [2.24, 2.45) is 0 Å². The first-order valence-corrected chi connectivity index (χ1v) is 4.72. The molecule has 0 saturated carbocycles. The summed E-state index contributed by atoms with van der Waals surface area (Å²) in [6.45, 7) is 1.27. The molecule has 1 N–H and O–H groups in total. The van der Waals surface area contributed by atoms with Crippen molar-refractivity contribution in [3.8, 4) is 5.75 Å². The van der Waals surface area contributed by atoms with Crippen molar-refractivity contribution in [1.82, 2.24) is 0 Å². The van der Waals surface area contributed by atoms with Gasteiger partial charge >= 0.3 is 5.97 Å². The zero-order valence-electron chi connectivity index (χ0n) is 8.55. The Hall–Kier alpha value is -1.36. The smallest absolute Gasteiger partial charge is 0.310 e. The minimum absolute atomic E-state index is 0.212. The van der Waals surface area contributed by atoms with E-state index in [4.69, 9.17) is 16.7 Å². The van der Waals surface area contributed by atoms with Crippen LogP contribution >= 0.6 is 11.6 Å². The molecule has 0 spiro atoms. The second-order valence-electron chi connectivity index (χ2n) is 3.17. The van der Waals surface area contributed by atoms with Crippen LogP contribution in [0.15, 0.2) is 6.07 Å². The number of aliphatic carboxylic acids is 1. The summed E-state index contributed by atoms with van der Waals surface area (Å²) in [5.41, 5.74) is -0.212. The zero-order chi connectivity index (χ0) is 12.5. The summed E-state index contributed by atoms with van der Waals surface area (Å²) >= 11 is 5.50. The third-order valence-corrected chi connectivity index (χ3v) is 2.46. The van der Waals surface area contributed by atoms with Gasteiger partial charge in [-0.1, -0.05) is 11.6 Å². The van der Waals surface area contributed by atoms with E-state index in [2.05, 4.69) is 4.74 Å². The Balaban J connectivity index is 3.42. The molecule has 1 unspecified atom stereocenters. The van der Waals surface area contributed by atoms with Crippen LogP contribution in [0.2, 0.25) is 5.02 Å². The van der Waals surface area contributed by atoms with Crippen molar-refractivity contribution in [2.75, 3.05) is 7.11 Å². The highest BCUT2D eigenvalue weighted by Gasteiger charge is 2.25. The van der Waals surface area contributed by atoms with Gasteiger partial charge in [-0.05, 0) is 13.0 Å². The van der Waals surface area contributed by atoms with Crippen molar-refractivity contribution in [1.29, 1.82) is 0 Å². The van der Waals surface area contributed by atoms with Crippen molar-refractivity contribution in [2.45, 2.75) is 12.8 Å². The summed E-state index contributed by atoms with van der Waals surface area (Å²) in [7, 11) is 1.08. The van der Waals surface area contributed by atoms with Gasteiger partial charge in [0.1, 0.15) is 0 Å². The van der Waals surface area contributed by atoms with Gasteiger partial charge in [0, 0.05) is 5.56 Å². The van der Waals surface area contributed by atoms with E-state index in [1.54, 1.807) is 0 Å². The molecule has 88 valence electrons. The third-order valence-electron chi connectivity index (χ3n) is 2.19. The van der Waals surface area contributed by atoms with Gasteiger partial charge in [0.15, 0.2) is 17.4 Å². The normalized spacial score (nSPS) is 12.3. The summed E-state index contributed by atoms with van der Waals surface area (Å²) in [5.74, 6) is -5.12. The van der Waals surface area contributed by atoms with Crippen LogP contribution in [0.5, 0.6) is 5.75 Å². The molecule has 1 aromatic carbocycles. The fraction of sp³-hybridized carbons (Fsp3) is 0.300. The Morgan fingerprint density at radius 1 is 1.50 bits per heavy atom. The highest BCUT2D eigenvalue weighted by molar-refractivity contribution is 6.31. The van der Waals surface area contributed by atoms with Gasteiger partial charge in [-0.2, -0.15) is 0 Å². The molecule has 1 atom stereocenters. The highest BCUT2D eigenvalue weighted by Crippen LogP contribution is 2.34. The lowest BCUT2D eigenvalue weighted by molar-refractivity contribution is -0.138. The molecule has 6 heteroatoms. The van der Waals surface area contributed by atoms with E-state index in [-0.39, 0.29) is 10.6 Å². The Labute approximate surface area is 95.6 Å². The fourth-order valence-electron chi connectivity index (χ4n) is 1.23. The minimum atomic E-state index is -1.23. The molecule has 0 radical (unpaired) electrons. The van der Waals surface area contributed by atoms with Gasteiger partial charge in [0.05, 0.1) is 18.1 Å². The number of carbonyl (C=O) groups is 1. The van der Waals surface area contributed by atoms with Crippen molar-refractivity contribution in [3.05, 3.63) is 28.3 Å². The highest BCUT2D eigenvalue weighted by atomic mass is 35.5. The number of methoxy groups -OCH3 is 1. The van der Waals surface area contributed by atoms with Gasteiger partial charge < -0.3 is 9.84 Å². The number of carboxylic acids is 1. The predicted molar refractivity (Wildman–Crippen MR) is 54.0 cm³/mol. The molecule has 0 aromatic heterocycles. The molecular weight excluding hydrogens is 242 g/mol. The first-order chi connectivity index (χ1) is 7.40. The van der Waals surface area contributed by atoms with Gasteiger partial charge in [-0.25, -0.2) is 8.78 Å². The molecule has 16 heavy (non-hydrogen) atoms. The molecule has 3 nitrogen and oxygen atoms in total. The van der Waals surface area contributed by atoms with Crippen LogP contribution in [0.25, 0.3) is 0 Å². The number of benzene rings is 1. The molecular formula is C10H9ClF2O3. The Morgan fingerprint density at radius 3 is 2.50 bits per heavy atom. The molecule has 0 fully saturated rings. The van der Waals surface area contributed by atoms with E-state index in [1.807, 2.05) is 0 Å². The standard InChI is InChI=1S/C10H9ClF2O3/c1-4(10(14)15)5-3-6(11)8(13)9(16-2)7(5)12/h3-4H,1-2H3,(H,14,15). The van der Waals surface area contributed by atoms with Gasteiger partial charge in [-0.3, -0.25) is 4.79 Å². The van der Waals surface area contributed by atoms with E-state index in [0.29, 0.717) is 0 Å². The molecule has 0 aliphatic heterocycles. The number of hydrogen-bond acceptors (Lipinski definition) is 2. The molecule has 1 rings (SSSR count). The van der Waals surface area contributed by atoms with Crippen molar-refractivity contribution < 1.29 is 23.4 Å². The third kappa shape index (κ3) is 2.09. The molecule has 1 aromatic rings. The average molecular weight is 251 g/mol. The molecule has 0 amide bonds. The molecule has 0 saturated heterocycles. The molecule has 0 bridgehead atoms. The van der Waals surface area contributed by atoms with E-state index in [0.717, 1.165) is 13.2 Å². The van der Waals surface area contributed by atoms with Gasteiger partial charge in [0.2, 0.25) is 0 Å². The van der Waals surface area contributed by atoms with Crippen LogP contribution in [0.3, 0.4) is 0 Å². The molecule has 0 heterocycles. The van der Waals surface area contributed by atoms with Gasteiger partial charge in [-0.15, -0.1) is 0 Å². The second kappa shape index (κ2) is 4.65. The maximum absolute atomic E-state index is 13.6. The Kier molecular flexibility index (Phi) is 3.70. The van der Waals surface area contributed by atoms with E-state index in [1.165, 1.54) is 6.92 Å². The first kappa shape index (κ1) is 12.7. The van der Waals surface area contributed by atoms with Crippen LogP contribution in [0.1, 0.15) is 18.4 Å². The topological polar surface area (TPSA) is 46.5 Å². The number of hydrogen-bond donors (Lipinski definition) is 1. The second-order valence-corrected chi connectivity index (χ2v) is 3.58. The summed E-state index contributed by atoms with van der Waals surface area (Å²) in [4.78, 5) is 10.7. The van der Waals surface area contributed by atoms with Crippen LogP contribution in [-0.4, -0.2) is 18.2 Å². The summed E-state index contributed by atoms with van der Waals surface area (Å²) in [6.07, 6.45) is 0. The lowest BCUT2D eigenvalue weighted by Gasteiger charge is -2.12. The summed E-state index contributed by atoms with van der Waals surface area (Å²) in [6, 6.07) is 0.952.